The monoisotopic (exact) mass is 434 g/mol. The van der Waals surface area contributed by atoms with Gasteiger partial charge in [0.2, 0.25) is 0 Å². The van der Waals surface area contributed by atoms with Crippen LogP contribution in [0.3, 0.4) is 0 Å². The van der Waals surface area contributed by atoms with Crippen LogP contribution in [0.25, 0.3) is 11.0 Å². The Kier molecular flexibility index (Phi) is 5.30. The highest BCUT2D eigenvalue weighted by atomic mass is 16.5. The average Bonchev–Trinajstić information content (AvgIpc) is 3.22. The molecule has 2 aromatic heterocycles. The van der Waals surface area contributed by atoms with Crippen molar-refractivity contribution in [3.8, 4) is 0 Å². The van der Waals surface area contributed by atoms with Crippen LogP contribution in [-0.4, -0.2) is 62.7 Å². The highest BCUT2D eigenvalue weighted by Gasteiger charge is 2.24. The van der Waals surface area contributed by atoms with E-state index >= 15 is 0 Å². The molecule has 2 aliphatic heterocycles. The molecule has 0 bridgehead atoms. The van der Waals surface area contributed by atoms with Crippen LogP contribution in [0.15, 0.2) is 45.7 Å². The van der Waals surface area contributed by atoms with Crippen LogP contribution in [0, 0.1) is 0 Å². The molecule has 8 nitrogen and oxygen atoms in total. The van der Waals surface area contributed by atoms with E-state index in [1.807, 2.05) is 23.2 Å². The smallest absolute Gasteiger partial charge is 0.253 e. The highest BCUT2D eigenvalue weighted by molar-refractivity contribution is 5.98. The van der Waals surface area contributed by atoms with Gasteiger partial charge in [-0.05, 0) is 24.3 Å². The van der Waals surface area contributed by atoms with Crippen LogP contribution in [-0.2, 0) is 17.7 Å². The summed E-state index contributed by atoms with van der Waals surface area (Å²) in [6.45, 7) is 3.90. The lowest BCUT2D eigenvalue weighted by Crippen LogP contribution is -2.36. The standard InChI is InChI=1S/C24H26N4O4/c1-26(2)24(30)16-12-17(15-28-7-5-19-20(28)4-3-6-25-19)23-18(13-16)21(29)14-22(32-23)27-8-10-31-11-9-27/h3-4,6,12-14H,5,7-11,15H2,1-2H3. The molecule has 0 unspecified atom stereocenters. The Morgan fingerprint density at radius 3 is 2.75 bits per heavy atom. The Bertz CT molecular complexity index is 1230. The van der Waals surface area contributed by atoms with E-state index < -0.39 is 0 Å². The summed E-state index contributed by atoms with van der Waals surface area (Å²) in [6, 6.07) is 9.01. The van der Waals surface area contributed by atoms with Crippen LogP contribution in [0.1, 0.15) is 21.6 Å². The van der Waals surface area contributed by atoms with Crippen molar-refractivity contribution in [3.63, 3.8) is 0 Å². The number of pyridine rings is 1. The van der Waals surface area contributed by atoms with E-state index in [0.717, 1.165) is 29.9 Å². The molecule has 0 aliphatic carbocycles. The largest absolute Gasteiger partial charge is 0.440 e. The number of morpholine rings is 1. The molecule has 0 N–H and O–H groups in total. The number of nitrogens with zero attached hydrogens (tertiary/aromatic N) is 4. The average molecular weight is 434 g/mol. The normalized spacial score (nSPS) is 15.8. The highest BCUT2D eigenvalue weighted by Crippen LogP contribution is 2.31. The second kappa shape index (κ2) is 8.27. The van der Waals surface area contributed by atoms with Crippen molar-refractivity contribution in [3.05, 3.63) is 63.6 Å². The lowest BCUT2D eigenvalue weighted by molar-refractivity contribution is 0.0827. The Morgan fingerprint density at radius 1 is 1.16 bits per heavy atom. The number of hydrogen-bond donors (Lipinski definition) is 0. The minimum absolute atomic E-state index is 0.145. The van der Waals surface area contributed by atoms with Gasteiger partial charge in [0.05, 0.1) is 30.0 Å². The van der Waals surface area contributed by atoms with Crippen molar-refractivity contribution < 1.29 is 13.9 Å². The van der Waals surface area contributed by atoms with Gasteiger partial charge in [-0.15, -0.1) is 0 Å². The number of benzene rings is 1. The molecule has 4 heterocycles. The molecule has 1 aromatic carbocycles. The Hall–Kier alpha value is -3.39. The first-order chi connectivity index (χ1) is 15.5. The third kappa shape index (κ3) is 3.71. The summed E-state index contributed by atoms with van der Waals surface area (Å²) >= 11 is 0. The molecule has 1 saturated heterocycles. The molecule has 2 aliphatic rings. The van der Waals surface area contributed by atoms with E-state index in [9.17, 15) is 9.59 Å². The summed E-state index contributed by atoms with van der Waals surface area (Å²) in [5, 5.41) is 0.426. The number of aromatic nitrogens is 1. The molecule has 0 saturated carbocycles. The number of rotatable bonds is 4. The maximum Gasteiger partial charge on any atom is 0.253 e. The van der Waals surface area contributed by atoms with Crippen LogP contribution in [0.4, 0.5) is 11.6 Å². The number of fused-ring (bicyclic) bond motifs is 2. The third-order valence-corrected chi connectivity index (χ3v) is 6.06. The zero-order valence-corrected chi connectivity index (χ0v) is 18.3. The molecule has 32 heavy (non-hydrogen) atoms. The summed E-state index contributed by atoms with van der Waals surface area (Å²) in [5.74, 6) is 0.399. The van der Waals surface area contributed by atoms with Crippen molar-refractivity contribution in [2.45, 2.75) is 13.0 Å². The molecule has 8 heteroatoms. The number of hydrogen-bond acceptors (Lipinski definition) is 7. The molecule has 0 atom stereocenters. The summed E-state index contributed by atoms with van der Waals surface area (Å²) in [7, 11) is 3.41. The second-order valence-corrected chi connectivity index (χ2v) is 8.40. The molecule has 0 spiro atoms. The molecular weight excluding hydrogens is 408 g/mol. The van der Waals surface area contributed by atoms with Gasteiger partial charge >= 0.3 is 0 Å². The van der Waals surface area contributed by atoms with Crippen molar-refractivity contribution >= 4 is 28.4 Å². The van der Waals surface area contributed by atoms with Gasteiger partial charge in [0.15, 0.2) is 11.3 Å². The Labute approximate surface area is 186 Å². The number of carbonyl (C=O) groups is 1. The lowest BCUT2D eigenvalue weighted by atomic mass is 10.0. The lowest BCUT2D eigenvalue weighted by Gasteiger charge is -2.27. The quantitative estimate of drug-likeness (QED) is 0.623. The van der Waals surface area contributed by atoms with Gasteiger partial charge in [0.1, 0.15) is 5.58 Å². The third-order valence-electron chi connectivity index (χ3n) is 6.06. The summed E-state index contributed by atoms with van der Waals surface area (Å²) in [6.07, 6.45) is 2.68. The minimum atomic E-state index is -0.147. The molecule has 0 radical (unpaired) electrons. The fraction of sp³-hybridized carbons (Fsp3) is 0.375. The van der Waals surface area contributed by atoms with Crippen molar-refractivity contribution in [1.29, 1.82) is 0 Å². The van der Waals surface area contributed by atoms with Crippen LogP contribution < -0.4 is 15.2 Å². The zero-order valence-electron chi connectivity index (χ0n) is 18.3. The van der Waals surface area contributed by atoms with Gasteiger partial charge in [-0.2, -0.15) is 0 Å². The number of carbonyl (C=O) groups excluding carboxylic acids is 1. The summed E-state index contributed by atoms with van der Waals surface area (Å²) < 4.78 is 11.7. The first kappa shape index (κ1) is 20.5. The maximum absolute atomic E-state index is 13.1. The van der Waals surface area contributed by atoms with E-state index in [1.54, 1.807) is 20.2 Å². The van der Waals surface area contributed by atoms with E-state index in [0.29, 0.717) is 55.3 Å². The van der Waals surface area contributed by atoms with Crippen molar-refractivity contribution in [1.82, 2.24) is 9.88 Å². The summed E-state index contributed by atoms with van der Waals surface area (Å²) in [5.41, 5.74) is 3.83. The van der Waals surface area contributed by atoms with Gasteiger partial charge in [0, 0.05) is 70.1 Å². The van der Waals surface area contributed by atoms with Crippen molar-refractivity contribution in [2.75, 3.05) is 56.7 Å². The van der Waals surface area contributed by atoms with Gasteiger partial charge in [-0.3, -0.25) is 14.6 Å². The molecule has 5 rings (SSSR count). The van der Waals surface area contributed by atoms with Gasteiger partial charge in [0.25, 0.3) is 5.91 Å². The van der Waals surface area contributed by atoms with Gasteiger partial charge in [-0.25, -0.2) is 0 Å². The minimum Gasteiger partial charge on any atom is -0.440 e. The molecule has 3 aromatic rings. The van der Waals surface area contributed by atoms with Crippen LogP contribution in [0.5, 0.6) is 0 Å². The first-order valence-corrected chi connectivity index (χ1v) is 10.9. The maximum atomic E-state index is 13.1. The molecule has 1 fully saturated rings. The van der Waals surface area contributed by atoms with Crippen molar-refractivity contribution in [2.24, 2.45) is 0 Å². The SMILES string of the molecule is CN(C)C(=O)c1cc(CN2CCc3ncccc32)c2oc(N3CCOCC3)cc(=O)c2c1. The first-order valence-electron chi connectivity index (χ1n) is 10.9. The molecule has 1 amide bonds. The topological polar surface area (TPSA) is 79.1 Å². The number of ether oxygens (including phenoxy) is 1. The summed E-state index contributed by atoms with van der Waals surface area (Å²) in [4.78, 5) is 36.1. The predicted octanol–water partition coefficient (Wildman–Crippen LogP) is 2.29. The zero-order chi connectivity index (χ0) is 22.2. The van der Waals surface area contributed by atoms with E-state index in [1.165, 1.54) is 11.0 Å². The number of amides is 1. The molecular formula is C24H26N4O4. The fourth-order valence-electron chi connectivity index (χ4n) is 4.40. The van der Waals surface area contributed by atoms with E-state index in [-0.39, 0.29) is 11.3 Å². The van der Waals surface area contributed by atoms with Crippen LogP contribution >= 0.6 is 0 Å². The van der Waals surface area contributed by atoms with Crippen LogP contribution in [0.2, 0.25) is 0 Å². The second-order valence-electron chi connectivity index (χ2n) is 8.40. The van der Waals surface area contributed by atoms with Gasteiger partial charge < -0.3 is 23.9 Å². The predicted molar refractivity (Wildman–Crippen MR) is 123 cm³/mol. The number of anilines is 2. The van der Waals surface area contributed by atoms with E-state index in [2.05, 4.69) is 16.0 Å². The van der Waals surface area contributed by atoms with Gasteiger partial charge in [-0.1, -0.05) is 0 Å². The Morgan fingerprint density at radius 2 is 1.97 bits per heavy atom. The van der Waals surface area contributed by atoms with E-state index in [4.69, 9.17) is 9.15 Å². The fourth-order valence-corrected chi connectivity index (χ4v) is 4.40. The molecule has 166 valence electrons. The Balaban J connectivity index is 1.63.